The van der Waals surface area contributed by atoms with Gasteiger partial charge in [0.05, 0.1) is 0 Å². The normalized spacial score (nSPS) is 14.3. The molecular weight excluding hydrogens is 252 g/mol. The van der Waals surface area contributed by atoms with Crippen LogP contribution in [0, 0.1) is 0 Å². The molecule has 1 aliphatic rings. The summed E-state index contributed by atoms with van der Waals surface area (Å²) in [7, 11) is 0. The Morgan fingerprint density at radius 2 is 2.11 bits per heavy atom. The van der Waals surface area contributed by atoms with Crippen molar-refractivity contribution in [1.82, 2.24) is 0 Å². The van der Waals surface area contributed by atoms with Crippen LogP contribution in [-0.4, -0.2) is 24.8 Å². The first kappa shape index (κ1) is 12.7. The van der Waals surface area contributed by atoms with E-state index in [1.807, 2.05) is 0 Å². The zero-order chi connectivity index (χ0) is 13.3. The third-order valence-electron chi connectivity index (χ3n) is 2.65. The topological polar surface area (TPSA) is 41.1 Å². The summed E-state index contributed by atoms with van der Waals surface area (Å²) in [5, 5.41) is 4.84. The Balaban J connectivity index is 2.13. The average Bonchev–Trinajstić information content (AvgIpc) is 2.75. The lowest BCUT2D eigenvalue weighted by molar-refractivity contribution is -0.163. The van der Waals surface area contributed by atoms with E-state index in [0.29, 0.717) is 6.42 Å². The van der Waals surface area contributed by atoms with Gasteiger partial charge >= 0.3 is 18.3 Å². The maximum absolute atomic E-state index is 12.7. The molecule has 98 valence electrons. The van der Waals surface area contributed by atoms with Gasteiger partial charge in [-0.3, -0.25) is 4.79 Å². The van der Waals surface area contributed by atoms with Crippen molar-refractivity contribution < 1.29 is 22.4 Å². The van der Waals surface area contributed by atoms with Crippen molar-refractivity contribution in [2.24, 2.45) is 0 Å². The van der Waals surface area contributed by atoms with Gasteiger partial charge in [-0.05, 0) is 30.2 Å². The van der Waals surface area contributed by atoms with E-state index in [1.54, 1.807) is 11.4 Å². The Labute approximate surface area is 100 Å². The highest BCUT2D eigenvalue weighted by atomic mass is 19.3. The van der Waals surface area contributed by atoms with Crippen LogP contribution in [-0.2, 0) is 11.2 Å². The summed E-state index contributed by atoms with van der Waals surface area (Å²) in [5.74, 6) is -6.68. The predicted octanol–water partition coefficient (Wildman–Crippen LogP) is 2.49. The number of alkyl halides is 4. The molecule has 0 atom stereocenters. The summed E-state index contributed by atoms with van der Waals surface area (Å²) >= 11 is 0. The third kappa shape index (κ3) is 2.25. The summed E-state index contributed by atoms with van der Waals surface area (Å²) in [4.78, 5) is 11.0. The summed E-state index contributed by atoms with van der Waals surface area (Å²) in [6.07, 6.45) is -3.32. The smallest absolute Gasteiger partial charge is 0.383 e. The van der Waals surface area contributed by atoms with E-state index >= 15 is 0 Å². The third-order valence-corrected chi connectivity index (χ3v) is 2.65. The van der Waals surface area contributed by atoms with Gasteiger partial charge in [0.1, 0.15) is 0 Å². The van der Waals surface area contributed by atoms with Gasteiger partial charge in [0.2, 0.25) is 0 Å². The molecule has 18 heavy (non-hydrogen) atoms. The molecule has 0 saturated carbocycles. The van der Waals surface area contributed by atoms with Crippen molar-refractivity contribution in [2.45, 2.75) is 18.8 Å². The molecule has 1 aromatic carbocycles. The number of halogens is 4. The number of fused-ring (bicyclic) bond motifs is 1. The molecule has 1 aliphatic heterocycles. The molecule has 0 spiro atoms. The van der Waals surface area contributed by atoms with Crippen LogP contribution >= 0.6 is 0 Å². The zero-order valence-corrected chi connectivity index (χ0v) is 9.14. The molecule has 0 radical (unpaired) electrons. The van der Waals surface area contributed by atoms with Crippen LogP contribution in [0.5, 0.6) is 0 Å². The molecule has 0 unspecified atom stereocenters. The highest BCUT2D eigenvalue weighted by Gasteiger charge is 2.48. The number of nitrogens with one attached hydrogen (secondary N) is 2. The molecule has 2 N–H and O–H groups in total. The van der Waals surface area contributed by atoms with Crippen LogP contribution in [0.15, 0.2) is 18.2 Å². The van der Waals surface area contributed by atoms with Gasteiger partial charge in [0.25, 0.3) is 0 Å². The van der Waals surface area contributed by atoms with Gasteiger partial charge in [0, 0.05) is 17.9 Å². The fourth-order valence-corrected chi connectivity index (χ4v) is 1.70. The van der Waals surface area contributed by atoms with Crippen LogP contribution < -0.4 is 10.6 Å². The Bertz CT molecular complexity index is 476. The van der Waals surface area contributed by atoms with Crippen molar-refractivity contribution in [3.8, 4) is 0 Å². The van der Waals surface area contributed by atoms with E-state index in [-0.39, 0.29) is 5.69 Å². The number of benzene rings is 1. The fraction of sp³-hybridized carbons (Fsp3) is 0.364. The first-order chi connectivity index (χ1) is 8.41. The Hall–Kier alpha value is -1.79. The van der Waals surface area contributed by atoms with E-state index in [2.05, 4.69) is 5.32 Å². The van der Waals surface area contributed by atoms with Crippen molar-refractivity contribution in [2.75, 3.05) is 17.2 Å². The minimum Gasteiger partial charge on any atom is -0.384 e. The van der Waals surface area contributed by atoms with Gasteiger partial charge in [0.15, 0.2) is 0 Å². The summed E-state index contributed by atoms with van der Waals surface area (Å²) in [5.41, 5.74) is 1.80. The second-order valence-electron chi connectivity index (χ2n) is 3.93. The molecule has 1 amide bonds. The van der Waals surface area contributed by atoms with Crippen LogP contribution in [0.25, 0.3) is 0 Å². The molecule has 3 nitrogen and oxygen atoms in total. The summed E-state index contributed by atoms with van der Waals surface area (Å²) in [6, 6.07) is 4.49. The minimum absolute atomic E-state index is 0.0859. The number of amides is 1. The van der Waals surface area contributed by atoms with Gasteiger partial charge in [-0.15, -0.1) is 0 Å². The number of hydrogen-bond donors (Lipinski definition) is 2. The SMILES string of the molecule is O=C(Nc1ccc2c(c1)CCN2)C(F)(F)C(F)F. The van der Waals surface area contributed by atoms with Gasteiger partial charge in [-0.25, -0.2) is 8.78 Å². The molecule has 0 aromatic heterocycles. The maximum atomic E-state index is 12.7. The molecule has 0 bridgehead atoms. The van der Waals surface area contributed by atoms with E-state index in [9.17, 15) is 22.4 Å². The van der Waals surface area contributed by atoms with Crippen LogP contribution in [0.2, 0.25) is 0 Å². The summed E-state index contributed by atoms with van der Waals surface area (Å²) < 4.78 is 49.4. The standard InChI is InChI=1S/C11H10F4N2O/c12-9(13)11(14,15)10(18)17-7-1-2-8-6(5-7)3-4-16-8/h1-2,5,9,16H,3-4H2,(H,17,18). The van der Waals surface area contributed by atoms with Crippen LogP contribution in [0.4, 0.5) is 28.9 Å². The van der Waals surface area contributed by atoms with Crippen molar-refractivity contribution in [1.29, 1.82) is 0 Å². The number of anilines is 2. The number of hydrogen-bond acceptors (Lipinski definition) is 2. The number of carbonyl (C=O) groups is 1. The highest BCUT2D eigenvalue weighted by molar-refractivity contribution is 5.96. The molecule has 0 fully saturated rings. The lowest BCUT2D eigenvalue weighted by Crippen LogP contribution is -2.40. The van der Waals surface area contributed by atoms with Crippen molar-refractivity contribution in [3.05, 3.63) is 23.8 Å². The Morgan fingerprint density at radius 1 is 1.39 bits per heavy atom. The Morgan fingerprint density at radius 3 is 2.78 bits per heavy atom. The first-order valence-corrected chi connectivity index (χ1v) is 5.25. The maximum Gasteiger partial charge on any atom is 0.383 e. The second-order valence-corrected chi connectivity index (χ2v) is 3.93. The van der Waals surface area contributed by atoms with Crippen LogP contribution in [0.3, 0.4) is 0 Å². The predicted molar refractivity (Wildman–Crippen MR) is 58.2 cm³/mol. The molecule has 7 heteroatoms. The lowest BCUT2D eigenvalue weighted by Gasteiger charge is -2.15. The molecular formula is C11H10F4N2O. The van der Waals surface area contributed by atoms with E-state index in [4.69, 9.17) is 0 Å². The van der Waals surface area contributed by atoms with E-state index in [0.717, 1.165) is 17.8 Å². The molecule has 0 aliphatic carbocycles. The quantitative estimate of drug-likeness (QED) is 0.822. The molecule has 1 aromatic rings. The fourth-order valence-electron chi connectivity index (χ4n) is 1.70. The average molecular weight is 262 g/mol. The van der Waals surface area contributed by atoms with Gasteiger partial charge in [-0.1, -0.05) is 0 Å². The largest absolute Gasteiger partial charge is 0.384 e. The van der Waals surface area contributed by atoms with Crippen molar-refractivity contribution >= 4 is 17.3 Å². The van der Waals surface area contributed by atoms with E-state index < -0.39 is 18.3 Å². The molecule has 2 rings (SSSR count). The van der Waals surface area contributed by atoms with Crippen LogP contribution in [0.1, 0.15) is 5.56 Å². The lowest BCUT2D eigenvalue weighted by atomic mass is 10.1. The Kier molecular flexibility index (Phi) is 3.14. The van der Waals surface area contributed by atoms with E-state index in [1.165, 1.54) is 12.1 Å². The first-order valence-electron chi connectivity index (χ1n) is 5.25. The highest BCUT2D eigenvalue weighted by Crippen LogP contribution is 2.28. The minimum atomic E-state index is -4.68. The number of carbonyl (C=O) groups excluding carboxylic acids is 1. The van der Waals surface area contributed by atoms with Gasteiger partial charge < -0.3 is 10.6 Å². The zero-order valence-electron chi connectivity index (χ0n) is 9.14. The monoisotopic (exact) mass is 262 g/mol. The number of rotatable bonds is 3. The molecule has 1 heterocycles. The second kappa shape index (κ2) is 4.47. The summed E-state index contributed by atoms with van der Waals surface area (Å²) in [6.45, 7) is 0.722. The van der Waals surface area contributed by atoms with Crippen molar-refractivity contribution in [3.63, 3.8) is 0 Å². The molecule has 0 saturated heterocycles. The van der Waals surface area contributed by atoms with Gasteiger partial charge in [-0.2, -0.15) is 8.78 Å².